The second kappa shape index (κ2) is 7.53. The summed E-state index contributed by atoms with van der Waals surface area (Å²) < 4.78 is 6.38. The highest BCUT2D eigenvalue weighted by Gasteiger charge is 2.23. The van der Waals surface area contributed by atoms with Gasteiger partial charge in [0.1, 0.15) is 5.56 Å². The van der Waals surface area contributed by atoms with Crippen LogP contribution >= 0.6 is 11.6 Å². The SMILES string of the molecule is CCOC(=O)c1cnn2ccc(NC(=O)c3cc(Cl)cc([N+](=O)[O-])c3O)cc12. The minimum Gasteiger partial charge on any atom is -0.502 e. The second-order valence-corrected chi connectivity index (χ2v) is 5.99. The number of esters is 1. The van der Waals surface area contributed by atoms with E-state index >= 15 is 0 Å². The van der Waals surface area contributed by atoms with Gasteiger partial charge in [-0.25, -0.2) is 9.31 Å². The zero-order valence-corrected chi connectivity index (χ0v) is 15.1. The number of phenolic OH excluding ortho intramolecular Hbond substituents is 1. The van der Waals surface area contributed by atoms with E-state index in [-0.39, 0.29) is 28.4 Å². The number of benzene rings is 1. The Hall–Kier alpha value is -3.66. The molecule has 2 heterocycles. The summed E-state index contributed by atoms with van der Waals surface area (Å²) in [5.41, 5.74) is -0.186. The van der Waals surface area contributed by atoms with Crippen LogP contribution < -0.4 is 5.32 Å². The van der Waals surface area contributed by atoms with Crippen LogP contribution in [0.4, 0.5) is 11.4 Å². The molecule has 28 heavy (non-hydrogen) atoms. The smallest absolute Gasteiger partial charge is 0.341 e. The first kappa shape index (κ1) is 19.1. The van der Waals surface area contributed by atoms with E-state index in [4.69, 9.17) is 16.3 Å². The highest BCUT2D eigenvalue weighted by Crippen LogP contribution is 2.33. The second-order valence-electron chi connectivity index (χ2n) is 5.56. The molecule has 0 atom stereocenters. The van der Waals surface area contributed by atoms with Crippen LogP contribution in [0.2, 0.25) is 5.02 Å². The van der Waals surface area contributed by atoms with Gasteiger partial charge < -0.3 is 15.2 Å². The van der Waals surface area contributed by atoms with Crippen LogP contribution in [0.1, 0.15) is 27.6 Å². The van der Waals surface area contributed by atoms with Crippen LogP contribution in [0.5, 0.6) is 5.75 Å². The average Bonchev–Trinajstić information content (AvgIpc) is 3.06. The Morgan fingerprint density at radius 3 is 2.79 bits per heavy atom. The predicted octanol–water partition coefficient (Wildman–Crippen LogP) is 3.03. The van der Waals surface area contributed by atoms with Crippen molar-refractivity contribution in [3.05, 3.63) is 62.9 Å². The van der Waals surface area contributed by atoms with Gasteiger partial charge in [0.25, 0.3) is 5.91 Å². The number of hydrogen-bond donors (Lipinski definition) is 2. The Balaban J connectivity index is 1.95. The van der Waals surface area contributed by atoms with Crippen LogP contribution in [-0.2, 0) is 4.74 Å². The molecule has 0 bridgehead atoms. The summed E-state index contributed by atoms with van der Waals surface area (Å²) in [7, 11) is 0. The monoisotopic (exact) mass is 404 g/mol. The fourth-order valence-electron chi connectivity index (χ4n) is 2.52. The lowest BCUT2D eigenvalue weighted by atomic mass is 10.1. The molecule has 0 radical (unpaired) electrons. The number of anilines is 1. The molecular formula is C17H13ClN4O6. The van der Waals surface area contributed by atoms with Crippen LogP contribution in [0, 0.1) is 10.1 Å². The lowest BCUT2D eigenvalue weighted by Crippen LogP contribution is -2.13. The predicted molar refractivity (Wildman–Crippen MR) is 98.9 cm³/mol. The van der Waals surface area contributed by atoms with E-state index in [0.29, 0.717) is 5.52 Å². The maximum Gasteiger partial charge on any atom is 0.341 e. The van der Waals surface area contributed by atoms with Gasteiger partial charge in [0.05, 0.1) is 28.8 Å². The summed E-state index contributed by atoms with van der Waals surface area (Å²) in [4.78, 5) is 34.6. The van der Waals surface area contributed by atoms with Gasteiger partial charge >= 0.3 is 11.7 Å². The number of carbonyl (C=O) groups is 2. The van der Waals surface area contributed by atoms with Crippen LogP contribution in [-0.4, -0.2) is 38.1 Å². The van der Waals surface area contributed by atoms with Crippen molar-refractivity contribution in [3.8, 4) is 5.75 Å². The number of pyridine rings is 1. The van der Waals surface area contributed by atoms with Crippen molar-refractivity contribution >= 4 is 40.4 Å². The molecule has 0 unspecified atom stereocenters. The molecule has 0 saturated heterocycles. The third kappa shape index (κ3) is 3.58. The van der Waals surface area contributed by atoms with E-state index in [1.165, 1.54) is 29.0 Å². The standard InChI is InChI=1S/C17H13ClN4O6/c1-2-28-17(25)12-8-19-21-4-3-10(7-13(12)21)20-16(24)11-5-9(18)6-14(15(11)23)22(26)27/h3-8,23H,2H2,1H3,(H,20,24). The van der Waals surface area contributed by atoms with Gasteiger partial charge in [0.15, 0.2) is 0 Å². The highest BCUT2D eigenvalue weighted by molar-refractivity contribution is 6.31. The summed E-state index contributed by atoms with van der Waals surface area (Å²) in [6.07, 6.45) is 2.85. The molecule has 0 saturated carbocycles. The number of fused-ring (bicyclic) bond motifs is 1. The van der Waals surface area contributed by atoms with Gasteiger partial charge in [-0.15, -0.1) is 0 Å². The summed E-state index contributed by atoms with van der Waals surface area (Å²) in [5, 5.41) is 27.4. The molecule has 3 aromatic rings. The van der Waals surface area contributed by atoms with Crippen LogP contribution in [0.3, 0.4) is 0 Å². The van der Waals surface area contributed by atoms with Gasteiger partial charge in [-0.1, -0.05) is 11.6 Å². The zero-order chi connectivity index (χ0) is 20.4. The lowest BCUT2D eigenvalue weighted by molar-refractivity contribution is -0.385. The van der Waals surface area contributed by atoms with Crippen molar-refractivity contribution in [2.45, 2.75) is 6.92 Å². The maximum absolute atomic E-state index is 12.5. The van der Waals surface area contributed by atoms with Crippen molar-refractivity contribution < 1.29 is 24.4 Å². The first-order valence-electron chi connectivity index (χ1n) is 7.94. The molecule has 0 spiro atoms. The Morgan fingerprint density at radius 2 is 2.11 bits per heavy atom. The van der Waals surface area contributed by atoms with Gasteiger partial charge in [-0.2, -0.15) is 5.10 Å². The molecule has 2 aromatic heterocycles. The van der Waals surface area contributed by atoms with Crippen molar-refractivity contribution in [1.29, 1.82) is 0 Å². The first-order chi connectivity index (χ1) is 13.3. The average molecular weight is 405 g/mol. The topological polar surface area (TPSA) is 136 Å². The van der Waals surface area contributed by atoms with Gasteiger partial charge in [0, 0.05) is 23.0 Å². The third-order valence-corrected chi connectivity index (χ3v) is 3.99. The highest BCUT2D eigenvalue weighted by atomic mass is 35.5. The Labute approximate surface area is 162 Å². The van der Waals surface area contributed by atoms with Crippen molar-refractivity contribution in [1.82, 2.24) is 9.61 Å². The van der Waals surface area contributed by atoms with E-state index in [1.54, 1.807) is 6.92 Å². The molecule has 0 aliphatic rings. The van der Waals surface area contributed by atoms with E-state index in [2.05, 4.69) is 10.4 Å². The molecular weight excluding hydrogens is 392 g/mol. The summed E-state index contributed by atoms with van der Waals surface area (Å²) in [6, 6.07) is 5.04. The fraction of sp³-hybridized carbons (Fsp3) is 0.118. The summed E-state index contributed by atoms with van der Waals surface area (Å²) in [5.74, 6) is -2.18. The lowest BCUT2D eigenvalue weighted by Gasteiger charge is -2.08. The Kier molecular flexibility index (Phi) is 5.14. The Morgan fingerprint density at radius 1 is 1.36 bits per heavy atom. The summed E-state index contributed by atoms with van der Waals surface area (Å²) >= 11 is 5.80. The van der Waals surface area contributed by atoms with E-state index in [0.717, 1.165) is 12.1 Å². The van der Waals surface area contributed by atoms with E-state index < -0.39 is 28.2 Å². The first-order valence-corrected chi connectivity index (χ1v) is 8.32. The number of amides is 1. The van der Waals surface area contributed by atoms with Gasteiger partial charge in [-0.3, -0.25) is 14.9 Å². The third-order valence-electron chi connectivity index (χ3n) is 3.77. The van der Waals surface area contributed by atoms with Crippen LogP contribution in [0.15, 0.2) is 36.7 Å². The van der Waals surface area contributed by atoms with Crippen molar-refractivity contribution in [2.24, 2.45) is 0 Å². The van der Waals surface area contributed by atoms with Crippen molar-refractivity contribution in [3.63, 3.8) is 0 Å². The number of carbonyl (C=O) groups excluding carboxylic acids is 2. The number of phenols is 1. The molecule has 3 rings (SSSR count). The Bertz CT molecular complexity index is 1110. The number of nitro benzene ring substituents is 1. The number of aromatic hydroxyl groups is 1. The molecule has 0 aliphatic carbocycles. The molecule has 0 aliphatic heterocycles. The molecule has 1 amide bonds. The fourth-order valence-corrected chi connectivity index (χ4v) is 2.73. The number of halogens is 1. The number of nitrogens with zero attached hydrogens (tertiary/aromatic N) is 3. The number of nitro groups is 1. The quantitative estimate of drug-likeness (QED) is 0.379. The van der Waals surface area contributed by atoms with Gasteiger partial charge in [0.2, 0.25) is 5.75 Å². The van der Waals surface area contributed by atoms with Crippen LogP contribution in [0.25, 0.3) is 5.52 Å². The zero-order valence-electron chi connectivity index (χ0n) is 14.4. The largest absolute Gasteiger partial charge is 0.502 e. The molecule has 144 valence electrons. The number of hydrogen-bond acceptors (Lipinski definition) is 7. The molecule has 0 fully saturated rings. The minimum absolute atomic E-state index is 0.0783. The van der Waals surface area contributed by atoms with Crippen molar-refractivity contribution in [2.75, 3.05) is 11.9 Å². The summed E-state index contributed by atoms with van der Waals surface area (Å²) in [6.45, 7) is 1.87. The number of aromatic nitrogens is 2. The maximum atomic E-state index is 12.5. The number of nitrogens with one attached hydrogen (secondary N) is 1. The minimum atomic E-state index is -0.845. The number of rotatable bonds is 5. The molecule has 2 N–H and O–H groups in total. The van der Waals surface area contributed by atoms with Gasteiger partial charge in [-0.05, 0) is 25.1 Å². The van der Waals surface area contributed by atoms with E-state index in [1.807, 2.05) is 0 Å². The molecule has 1 aromatic carbocycles. The molecule has 10 nitrogen and oxygen atoms in total. The molecule has 11 heteroatoms. The van der Waals surface area contributed by atoms with E-state index in [9.17, 15) is 24.8 Å². The normalized spacial score (nSPS) is 10.6. The number of ether oxygens (including phenoxy) is 1.